The summed E-state index contributed by atoms with van der Waals surface area (Å²) in [6.45, 7) is 2.29. The van der Waals surface area contributed by atoms with Gasteiger partial charge in [-0.15, -0.1) is 0 Å². The van der Waals surface area contributed by atoms with Gasteiger partial charge in [0.2, 0.25) is 0 Å². The van der Waals surface area contributed by atoms with E-state index in [-0.39, 0.29) is 65.1 Å². The minimum atomic E-state index is -0.349. The first-order valence-corrected chi connectivity index (χ1v) is 2.37. The molecule has 0 rings (SSSR count). The van der Waals surface area contributed by atoms with Crippen LogP contribution < -0.4 is 11.2 Å². The average molecular weight is 166 g/mol. The molecule has 0 heterocycles. The van der Waals surface area contributed by atoms with E-state index in [9.17, 15) is 4.79 Å². The van der Waals surface area contributed by atoms with Gasteiger partial charge in [0.1, 0.15) is 0 Å². The van der Waals surface area contributed by atoms with Crippen LogP contribution in [0.2, 0.25) is 0 Å². The van der Waals surface area contributed by atoms with Crippen LogP contribution in [0.25, 0.3) is 0 Å². The molecule has 6 heteroatoms. The summed E-state index contributed by atoms with van der Waals surface area (Å²) in [4.78, 5) is 14.3. The molecule has 0 aromatic carbocycles. The first kappa shape index (κ1) is 17.5. The Hall–Kier alpha value is 1.39. The van der Waals surface area contributed by atoms with E-state index in [0.29, 0.717) is 13.1 Å². The predicted octanol–water partition coefficient (Wildman–Crippen LogP) is -2.28. The zero-order chi connectivity index (χ0) is 6.41. The SMILES string of the molecule is CC(=O)ONCCN.[NaH].[NaH]. The van der Waals surface area contributed by atoms with Crippen molar-refractivity contribution >= 4 is 65.1 Å². The molecular formula is C4H12N2Na2O2. The Bertz CT molecular complexity index is 81.7. The molecule has 0 atom stereocenters. The van der Waals surface area contributed by atoms with Crippen LogP contribution in [0, 0.1) is 0 Å². The summed E-state index contributed by atoms with van der Waals surface area (Å²) >= 11 is 0. The Morgan fingerprint density at radius 3 is 2.40 bits per heavy atom. The molecule has 4 nitrogen and oxygen atoms in total. The van der Waals surface area contributed by atoms with Gasteiger partial charge in [-0.2, -0.15) is 5.48 Å². The standard InChI is InChI=1S/C4H10N2O2.2Na.2H/c1-4(7)8-6-3-2-5;;;;/h6H,2-3,5H2,1H3;;;;. The van der Waals surface area contributed by atoms with Crippen LogP contribution >= 0.6 is 0 Å². The number of nitrogens with two attached hydrogens (primary N) is 1. The third kappa shape index (κ3) is 16.2. The molecule has 0 fully saturated rings. The Kier molecular flexibility index (Phi) is 22.7. The Labute approximate surface area is 105 Å². The van der Waals surface area contributed by atoms with Crippen LogP contribution in [0.15, 0.2) is 0 Å². The van der Waals surface area contributed by atoms with Gasteiger partial charge in [0.05, 0.1) is 0 Å². The molecule has 0 bridgehead atoms. The number of carbonyl (C=O) groups excluding carboxylic acids is 1. The van der Waals surface area contributed by atoms with Gasteiger partial charge in [0, 0.05) is 20.0 Å². The number of rotatable bonds is 3. The molecule has 0 unspecified atom stereocenters. The zero-order valence-electron chi connectivity index (χ0n) is 4.81. The van der Waals surface area contributed by atoms with E-state index >= 15 is 0 Å². The van der Waals surface area contributed by atoms with E-state index in [4.69, 9.17) is 5.73 Å². The summed E-state index contributed by atoms with van der Waals surface area (Å²) in [5, 5.41) is 0. The molecule has 0 amide bonds. The molecule has 0 aromatic rings. The van der Waals surface area contributed by atoms with E-state index in [0.717, 1.165) is 0 Å². The van der Waals surface area contributed by atoms with Crippen molar-refractivity contribution in [1.29, 1.82) is 0 Å². The summed E-state index contributed by atoms with van der Waals surface area (Å²) in [6.07, 6.45) is 0. The van der Waals surface area contributed by atoms with Crippen molar-refractivity contribution in [2.24, 2.45) is 5.73 Å². The molecule has 10 heavy (non-hydrogen) atoms. The van der Waals surface area contributed by atoms with Crippen LogP contribution in [0.1, 0.15) is 6.92 Å². The molecule has 52 valence electrons. The number of carbonyl (C=O) groups is 1. The number of hydroxylamine groups is 1. The molecule has 0 saturated heterocycles. The molecule has 0 saturated carbocycles. The van der Waals surface area contributed by atoms with E-state index < -0.39 is 0 Å². The normalized spacial score (nSPS) is 7.00. The van der Waals surface area contributed by atoms with Crippen LogP contribution in [-0.2, 0) is 9.63 Å². The van der Waals surface area contributed by atoms with Gasteiger partial charge in [-0.05, 0) is 0 Å². The van der Waals surface area contributed by atoms with E-state index in [1.54, 1.807) is 0 Å². The molecule has 0 aromatic heterocycles. The summed E-state index contributed by atoms with van der Waals surface area (Å²) in [5.41, 5.74) is 7.42. The van der Waals surface area contributed by atoms with Gasteiger partial charge in [-0.1, -0.05) is 0 Å². The topological polar surface area (TPSA) is 64.3 Å². The minimum absolute atomic E-state index is 0. The molecular weight excluding hydrogens is 154 g/mol. The first-order valence-electron chi connectivity index (χ1n) is 2.37. The van der Waals surface area contributed by atoms with Crippen LogP contribution in [0.5, 0.6) is 0 Å². The second kappa shape index (κ2) is 13.0. The molecule has 0 spiro atoms. The Morgan fingerprint density at radius 2 is 2.10 bits per heavy atom. The van der Waals surface area contributed by atoms with Gasteiger partial charge < -0.3 is 10.6 Å². The maximum atomic E-state index is 9.99. The van der Waals surface area contributed by atoms with Gasteiger partial charge >= 0.3 is 65.1 Å². The van der Waals surface area contributed by atoms with Crippen LogP contribution in [0.4, 0.5) is 0 Å². The number of hydrogen-bond acceptors (Lipinski definition) is 4. The summed E-state index contributed by atoms with van der Waals surface area (Å²) in [7, 11) is 0. The van der Waals surface area contributed by atoms with E-state index in [2.05, 4.69) is 10.3 Å². The number of nitrogens with one attached hydrogen (secondary N) is 1. The fourth-order valence-corrected chi connectivity index (χ4v) is 0.212. The second-order valence-corrected chi connectivity index (χ2v) is 1.28. The van der Waals surface area contributed by atoms with Crippen LogP contribution in [-0.4, -0.2) is 78.2 Å². The molecule has 0 radical (unpaired) electrons. The average Bonchev–Trinajstić information content (AvgIpc) is 1.66. The van der Waals surface area contributed by atoms with Gasteiger partial charge in [-0.3, -0.25) is 4.79 Å². The fraction of sp³-hybridized carbons (Fsp3) is 0.750. The van der Waals surface area contributed by atoms with Crippen molar-refractivity contribution in [2.45, 2.75) is 6.92 Å². The third-order valence-corrected chi connectivity index (χ3v) is 0.462. The summed E-state index contributed by atoms with van der Waals surface area (Å²) in [5.74, 6) is -0.349. The van der Waals surface area contributed by atoms with E-state index in [1.807, 2.05) is 0 Å². The quantitative estimate of drug-likeness (QED) is 0.281. The predicted molar refractivity (Wildman–Crippen MR) is 43.1 cm³/mol. The number of hydrogen-bond donors (Lipinski definition) is 2. The molecule has 0 aliphatic heterocycles. The van der Waals surface area contributed by atoms with Crippen molar-refractivity contribution in [3.63, 3.8) is 0 Å². The maximum absolute atomic E-state index is 9.99. The van der Waals surface area contributed by atoms with Crippen LogP contribution in [0.3, 0.4) is 0 Å². The zero-order valence-corrected chi connectivity index (χ0v) is 4.81. The third-order valence-electron chi connectivity index (χ3n) is 0.462. The monoisotopic (exact) mass is 166 g/mol. The second-order valence-electron chi connectivity index (χ2n) is 1.28. The van der Waals surface area contributed by atoms with Gasteiger partial charge in [0.15, 0.2) is 0 Å². The first-order chi connectivity index (χ1) is 3.77. The van der Waals surface area contributed by atoms with Crippen molar-refractivity contribution in [3.05, 3.63) is 0 Å². The Balaban J connectivity index is -0.000000245. The van der Waals surface area contributed by atoms with Crippen molar-refractivity contribution in [2.75, 3.05) is 13.1 Å². The van der Waals surface area contributed by atoms with Gasteiger partial charge in [-0.25, -0.2) is 0 Å². The molecule has 0 aliphatic rings. The van der Waals surface area contributed by atoms with Crippen molar-refractivity contribution < 1.29 is 9.63 Å². The Morgan fingerprint density at radius 1 is 1.60 bits per heavy atom. The van der Waals surface area contributed by atoms with E-state index in [1.165, 1.54) is 6.92 Å². The summed E-state index contributed by atoms with van der Waals surface area (Å²) < 4.78 is 0. The fourth-order valence-electron chi connectivity index (χ4n) is 0.212. The van der Waals surface area contributed by atoms with Crippen molar-refractivity contribution in [1.82, 2.24) is 5.48 Å². The molecule has 0 aliphatic carbocycles. The summed E-state index contributed by atoms with van der Waals surface area (Å²) in [6, 6.07) is 0. The van der Waals surface area contributed by atoms with Gasteiger partial charge in [0.25, 0.3) is 0 Å². The van der Waals surface area contributed by atoms with Crippen molar-refractivity contribution in [3.8, 4) is 0 Å². The molecule has 3 N–H and O–H groups in total.